The molecule has 164 valence electrons. The van der Waals surface area contributed by atoms with Crippen LogP contribution in [0.2, 0.25) is 10.0 Å². The van der Waals surface area contributed by atoms with Gasteiger partial charge in [-0.3, -0.25) is 14.6 Å². The smallest absolute Gasteiger partial charge is 0.333 e. The molecule has 2 aliphatic heterocycles. The van der Waals surface area contributed by atoms with Crippen molar-refractivity contribution in [1.29, 1.82) is 0 Å². The average molecular weight is 494 g/mol. The summed E-state index contributed by atoms with van der Waals surface area (Å²) in [5.74, 6) is -0.324. The van der Waals surface area contributed by atoms with Crippen molar-refractivity contribution < 1.29 is 22.7 Å². The molecular formula is C18H21Cl2N3O5S2. The van der Waals surface area contributed by atoms with Gasteiger partial charge in [-0.25, -0.2) is 13.2 Å². The van der Waals surface area contributed by atoms with Crippen LogP contribution in [0.25, 0.3) is 0 Å². The second-order valence-corrected chi connectivity index (χ2v) is 10.3. The Morgan fingerprint density at radius 3 is 2.53 bits per heavy atom. The summed E-state index contributed by atoms with van der Waals surface area (Å²) in [5, 5.41) is 1.02. The summed E-state index contributed by atoms with van der Waals surface area (Å²) in [6.07, 6.45) is 1.32. The van der Waals surface area contributed by atoms with E-state index in [1.807, 2.05) is 4.90 Å². The number of nitrogens with zero attached hydrogens (tertiary/aromatic N) is 3. The largest absolute Gasteiger partial charge is 0.463 e. The third kappa shape index (κ3) is 5.30. The summed E-state index contributed by atoms with van der Waals surface area (Å²) in [6, 6.07) is 4.24. The summed E-state index contributed by atoms with van der Waals surface area (Å²) < 4.78 is 32.0. The summed E-state index contributed by atoms with van der Waals surface area (Å²) in [4.78, 5) is 27.5. The van der Waals surface area contributed by atoms with E-state index in [0.29, 0.717) is 23.1 Å². The summed E-state index contributed by atoms with van der Waals surface area (Å²) in [5.41, 5.74) is 0. The number of halogens is 2. The van der Waals surface area contributed by atoms with Gasteiger partial charge in [0.15, 0.2) is 0 Å². The van der Waals surface area contributed by atoms with Crippen LogP contribution < -0.4 is 0 Å². The lowest BCUT2D eigenvalue weighted by molar-refractivity contribution is -0.137. The van der Waals surface area contributed by atoms with Gasteiger partial charge in [-0.05, 0) is 25.1 Å². The molecule has 0 radical (unpaired) electrons. The number of hydrogen-bond acceptors (Lipinski definition) is 7. The van der Waals surface area contributed by atoms with E-state index in [1.54, 1.807) is 6.92 Å². The first-order valence-corrected chi connectivity index (χ1v) is 12.4. The van der Waals surface area contributed by atoms with E-state index in [1.165, 1.54) is 45.2 Å². The van der Waals surface area contributed by atoms with E-state index < -0.39 is 16.0 Å². The molecular weight excluding hydrogens is 473 g/mol. The molecule has 1 amide bonds. The van der Waals surface area contributed by atoms with Gasteiger partial charge in [0, 0.05) is 26.2 Å². The SMILES string of the molecule is CCOC(=O)C=C1SCC(=O)N1CN1CCN(S(=O)(=O)c2ccc(Cl)c(Cl)c2)CC1. The number of ether oxygens (including phenoxy) is 1. The number of sulfonamides is 1. The maximum atomic E-state index is 12.9. The normalized spacial score (nSPS) is 20.2. The molecule has 8 nitrogen and oxygen atoms in total. The fourth-order valence-electron chi connectivity index (χ4n) is 3.06. The predicted octanol–water partition coefficient (Wildman–Crippen LogP) is 2.24. The molecule has 0 unspecified atom stereocenters. The Morgan fingerprint density at radius 1 is 1.20 bits per heavy atom. The topological polar surface area (TPSA) is 87.2 Å². The van der Waals surface area contributed by atoms with Crippen molar-refractivity contribution >= 4 is 56.9 Å². The van der Waals surface area contributed by atoms with Gasteiger partial charge in [0.2, 0.25) is 15.9 Å². The van der Waals surface area contributed by atoms with Crippen LogP contribution in [-0.2, 0) is 24.3 Å². The van der Waals surface area contributed by atoms with Crippen LogP contribution in [0.3, 0.4) is 0 Å². The lowest BCUT2D eigenvalue weighted by Gasteiger charge is -2.36. The number of benzene rings is 1. The third-order valence-corrected chi connectivity index (χ3v) is 8.30. The minimum absolute atomic E-state index is 0.0936. The van der Waals surface area contributed by atoms with Crippen LogP contribution in [0.5, 0.6) is 0 Å². The molecule has 0 aromatic heterocycles. The van der Waals surface area contributed by atoms with E-state index >= 15 is 0 Å². The van der Waals surface area contributed by atoms with Gasteiger partial charge in [-0.15, -0.1) is 0 Å². The molecule has 12 heteroatoms. The van der Waals surface area contributed by atoms with E-state index in [9.17, 15) is 18.0 Å². The number of hydrogen-bond donors (Lipinski definition) is 0. The van der Waals surface area contributed by atoms with Crippen molar-refractivity contribution in [1.82, 2.24) is 14.1 Å². The lowest BCUT2D eigenvalue weighted by Crippen LogP contribution is -2.51. The van der Waals surface area contributed by atoms with Crippen molar-refractivity contribution in [3.8, 4) is 0 Å². The fraction of sp³-hybridized carbons (Fsp3) is 0.444. The highest BCUT2D eigenvalue weighted by Gasteiger charge is 2.33. The highest BCUT2D eigenvalue weighted by atomic mass is 35.5. The molecule has 0 aliphatic carbocycles. The lowest BCUT2D eigenvalue weighted by atomic mass is 10.4. The van der Waals surface area contributed by atoms with Gasteiger partial charge >= 0.3 is 5.97 Å². The molecule has 2 fully saturated rings. The molecule has 0 spiro atoms. The monoisotopic (exact) mass is 493 g/mol. The highest BCUT2D eigenvalue weighted by Crippen LogP contribution is 2.30. The summed E-state index contributed by atoms with van der Waals surface area (Å²) in [6.45, 7) is 3.70. The van der Waals surface area contributed by atoms with Gasteiger partial charge in [0.25, 0.3) is 0 Å². The van der Waals surface area contributed by atoms with Gasteiger partial charge in [0.1, 0.15) is 0 Å². The summed E-state index contributed by atoms with van der Waals surface area (Å²) in [7, 11) is -3.69. The van der Waals surface area contributed by atoms with Crippen molar-refractivity contribution in [2.45, 2.75) is 11.8 Å². The van der Waals surface area contributed by atoms with Gasteiger partial charge in [-0.1, -0.05) is 35.0 Å². The second kappa shape index (κ2) is 9.88. The molecule has 1 aromatic rings. The number of carbonyl (C=O) groups is 2. The molecule has 2 saturated heterocycles. The number of thioether (sulfide) groups is 1. The van der Waals surface area contributed by atoms with Crippen LogP contribution >= 0.6 is 35.0 Å². The van der Waals surface area contributed by atoms with Crippen LogP contribution in [0.1, 0.15) is 6.92 Å². The molecule has 0 saturated carbocycles. The van der Waals surface area contributed by atoms with Gasteiger partial charge < -0.3 is 4.74 Å². The van der Waals surface area contributed by atoms with Crippen LogP contribution in [-0.4, -0.2) is 79.6 Å². The molecule has 0 N–H and O–H groups in total. The number of esters is 1. The molecule has 0 atom stereocenters. The Balaban J connectivity index is 1.63. The zero-order chi connectivity index (χ0) is 21.9. The van der Waals surface area contributed by atoms with Crippen molar-refractivity contribution in [2.24, 2.45) is 0 Å². The van der Waals surface area contributed by atoms with E-state index in [-0.39, 0.29) is 47.9 Å². The van der Waals surface area contributed by atoms with Crippen LogP contribution in [0, 0.1) is 0 Å². The van der Waals surface area contributed by atoms with E-state index in [2.05, 4.69) is 0 Å². The molecule has 2 aliphatic rings. The van der Waals surface area contributed by atoms with E-state index in [0.717, 1.165) is 0 Å². The van der Waals surface area contributed by atoms with Gasteiger partial charge in [-0.2, -0.15) is 4.31 Å². The first kappa shape index (κ1) is 23.4. The van der Waals surface area contributed by atoms with Crippen molar-refractivity contribution in [3.05, 3.63) is 39.3 Å². The molecule has 1 aromatic carbocycles. The summed E-state index contributed by atoms with van der Waals surface area (Å²) >= 11 is 13.1. The zero-order valence-electron chi connectivity index (χ0n) is 16.2. The number of piperazine rings is 1. The Labute approximate surface area is 189 Å². The Hall–Kier alpha value is -1.30. The maximum absolute atomic E-state index is 12.9. The third-order valence-electron chi connectivity index (χ3n) is 4.64. The number of carbonyl (C=O) groups excluding carboxylic acids is 2. The highest BCUT2D eigenvalue weighted by molar-refractivity contribution is 8.04. The average Bonchev–Trinajstić information content (AvgIpc) is 3.04. The fourth-order valence-corrected chi connectivity index (χ4v) is 5.80. The Morgan fingerprint density at radius 2 is 1.90 bits per heavy atom. The minimum Gasteiger partial charge on any atom is -0.463 e. The van der Waals surface area contributed by atoms with Gasteiger partial charge in [0.05, 0.1) is 45.1 Å². The van der Waals surface area contributed by atoms with E-state index in [4.69, 9.17) is 27.9 Å². The molecule has 0 bridgehead atoms. The Kier molecular flexibility index (Phi) is 7.70. The zero-order valence-corrected chi connectivity index (χ0v) is 19.4. The second-order valence-electron chi connectivity index (χ2n) is 6.58. The quantitative estimate of drug-likeness (QED) is 0.443. The Bertz CT molecular complexity index is 963. The number of rotatable bonds is 6. The predicted molar refractivity (Wildman–Crippen MR) is 116 cm³/mol. The minimum atomic E-state index is -3.69. The molecule has 3 rings (SSSR count). The van der Waals surface area contributed by atoms with Crippen molar-refractivity contribution in [2.75, 3.05) is 45.2 Å². The van der Waals surface area contributed by atoms with Crippen molar-refractivity contribution in [3.63, 3.8) is 0 Å². The molecule has 30 heavy (non-hydrogen) atoms. The van der Waals surface area contributed by atoms with Crippen LogP contribution in [0.4, 0.5) is 0 Å². The first-order chi connectivity index (χ1) is 14.2. The van der Waals surface area contributed by atoms with Crippen LogP contribution in [0.15, 0.2) is 34.2 Å². The molecule has 2 heterocycles. The first-order valence-electron chi connectivity index (χ1n) is 9.21. The number of amides is 1. The standard InChI is InChI=1S/C18H21Cl2N3O5S2/c1-2-28-18(25)10-17-23(16(24)11-29-17)12-21-5-7-22(8-6-21)30(26,27)13-3-4-14(19)15(20)9-13/h3-4,9-10H,2,5-8,11-12H2,1H3. The maximum Gasteiger partial charge on any atom is 0.333 e.